The molecule has 0 bridgehead atoms. The molecule has 0 aromatic heterocycles. The van der Waals surface area contributed by atoms with Crippen LogP contribution in [0.2, 0.25) is 0 Å². The van der Waals surface area contributed by atoms with E-state index in [9.17, 15) is 18.9 Å². The van der Waals surface area contributed by atoms with Crippen LogP contribution in [0.1, 0.15) is 12.8 Å². The molecule has 19 heavy (non-hydrogen) atoms. The summed E-state index contributed by atoms with van der Waals surface area (Å²) in [6.07, 6.45) is 1.54. The maximum absolute atomic E-state index is 13.7. The zero-order valence-corrected chi connectivity index (χ0v) is 10.5. The Kier molecular flexibility index (Phi) is 3.94. The van der Waals surface area contributed by atoms with Crippen molar-refractivity contribution in [3.8, 4) is 0 Å². The Hall–Kier alpha value is -1.76. The average molecular weight is 271 g/mol. The number of piperidine rings is 1. The fourth-order valence-electron chi connectivity index (χ4n) is 2.20. The number of nitrogens with zero attached hydrogens (tertiary/aromatic N) is 2. The molecule has 1 N–H and O–H groups in total. The molecule has 0 unspecified atom stereocenters. The lowest BCUT2D eigenvalue weighted by Gasteiger charge is -2.30. The Bertz CT molecular complexity index is 488. The first kappa shape index (κ1) is 13.7. The van der Waals surface area contributed by atoms with E-state index >= 15 is 0 Å². The van der Waals surface area contributed by atoms with Crippen molar-refractivity contribution < 1.29 is 13.7 Å². The van der Waals surface area contributed by atoms with Crippen LogP contribution in [0.15, 0.2) is 12.1 Å². The van der Waals surface area contributed by atoms with Gasteiger partial charge in [0.15, 0.2) is 5.82 Å². The number of nitro benzene ring substituents is 1. The van der Waals surface area contributed by atoms with Crippen molar-refractivity contribution in [2.24, 2.45) is 0 Å². The summed E-state index contributed by atoms with van der Waals surface area (Å²) >= 11 is 0. The van der Waals surface area contributed by atoms with E-state index in [0.29, 0.717) is 6.07 Å². The average Bonchev–Trinajstić information content (AvgIpc) is 2.34. The molecular weight excluding hydrogens is 256 g/mol. The van der Waals surface area contributed by atoms with Gasteiger partial charge in [0.1, 0.15) is 11.5 Å². The molecule has 0 amide bonds. The summed E-state index contributed by atoms with van der Waals surface area (Å²) in [6.45, 7) is 1.68. The first-order chi connectivity index (χ1) is 8.97. The molecule has 1 aromatic carbocycles. The highest BCUT2D eigenvalue weighted by atomic mass is 19.1. The van der Waals surface area contributed by atoms with Crippen molar-refractivity contribution in [3.05, 3.63) is 33.9 Å². The van der Waals surface area contributed by atoms with Crippen LogP contribution in [0, 0.1) is 21.7 Å². The zero-order valence-electron chi connectivity index (χ0n) is 10.5. The number of benzene rings is 1. The highest BCUT2D eigenvalue weighted by Gasteiger charge is 2.24. The Labute approximate surface area is 109 Å². The van der Waals surface area contributed by atoms with Gasteiger partial charge < -0.3 is 10.2 Å². The van der Waals surface area contributed by atoms with Gasteiger partial charge in [0.25, 0.3) is 5.69 Å². The molecule has 7 heteroatoms. The normalized spacial score (nSPS) is 17.4. The summed E-state index contributed by atoms with van der Waals surface area (Å²) < 4.78 is 26.7. The van der Waals surface area contributed by atoms with E-state index in [-0.39, 0.29) is 11.7 Å². The molecule has 1 aliphatic heterocycles. The van der Waals surface area contributed by atoms with Gasteiger partial charge in [0.2, 0.25) is 0 Å². The minimum atomic E-state index is -0.946. The smallest absolute Gasteiger partial charge is 0.298 e. The number of rotatable bonds is 3. The van der Waals surface area contributed by atoms with Crippen molar-refractivity contribution >= 4 is 11.4 Å². The van der Waals surface area contributed by atoms with E-state index in [4.69, 9.17) is 0 Å². The van der Waals surface area contributed by atoms with Gasteiger partial charge in [-0.15, -0.1) is 0 Å². The van der Waals surface area contributed by atoms with Crippen LogP contribution in [0.3, 0.4) is 0 Å². The molecule has 1 saturated heterocycles. The van der Waals surface area contributed by atoms with E-state index in [1.54, 1.807) is 0 Å². The van der Waals surface area contributed by atoms with Crippen LogP contribution in [-0.4, -0.2) is 36.0 Å². The summed E-state index contributed by atoms with van der Waals surface area (Å²) in [5, 5.41) is 13.7. The predicted molar refractivity (Wildman–Crippen MR) is 67.2 cm³/mol. The molecule has 0 spiro atoms. The lowest BCUT2D eigenvalue weighted by molar-refractivity contribution is -0.384. The van der Waals surface area contributed by atoms with Crippen molar-refractivity contribution in [2.75, 3.05) is 25.5 Å². The van der Waals surface area contributed by atoms with E-state index < -0.39 is 22.2 Å². The molecule has 0 radical (unpaired) electrons. The van der Waals surface area contributed by atoms with Crippen molar-refractivity contribution in [1.82, 2.24) is 4.90 Å². The van der Waals surface area contributed by atoms with Gasteiger partial charge in [0.05, 0.1) is 11.0 Å². The zero-order chi connectivity index (χ0) is 14.0. The van der Waals surface area contributed by atoms with E-state index in [1.807, 2.05) is 7.05 Å². The van der Waals surface area contributed by atoms with Gasteiger partial charge in [-0.25, -0.2) is 8.78 Å². The topological polar surface area (TPSA) is 58.4 Å². The van der Waals surface area contributed by atoms with E-state index in [1.165, 1.54) is 0 Å². The van der Waals surface area contributed by atoms with Crippen LogP contribution in [0.25, 0.3) is 0 Å². The van der Waals surface area contributed by atoms with Gasteiger partial charge in [-0.2, -0.15) is 0 Å². The molecule has 1 heterocycles. The Balaban J connectivity index is 2.21. The van der Waals surface area contributed by atoms with Crippen LogP contribution < -0.4 is 5.32 Å². The summed E-state index contributed by atoms with van der Waals surface area (Å²) in [6, 6.07) is 1.36. The number of halogens is 2. The summed E-state index contributed by atoms with van der Waals surface area (Å²) in [7, 11) is 1.98. The minimum Gasteiger partial charge on any atom is -0.374 e. The van der Waals surface area contributed by atoms with Crippen LogP contribution in [-0.2, 0) is 0 Å². The largest absolute Gasteiger partial charge is 0.374 e. The second-order valence-corrected chi connectivity index (χ2v) is 4.76. The number of nitrogens with one attached hydrogen (secondary N) is 1. The van der Waals surface area contributed by atoms with Gasteiger partial charge in [-0.3, -0.25) is 10.1 Å². The highest BCUT2D eigenvalue weighted by molar-refractivity contribution is 5.63. The minimum absolute atomic E-state index is 0.0325. The maximum atomic E-state index is 13.7. The first-order valence-electron chi connectivity index (χ1n) is 6.06. The van der Waals surface area contributed by atoms with Crippen LogP contribution in [0.4, 0.5) is 20.2 Å². The number of likely N-dealkylation sites (tertiary alicyclic amines) is 1. The molecule has 0 atom stereocenters. The molecular formula is C12H15F2N3O2. The fraction of sp³-hybridized carbons (Fsp3) is 0.500. The third-order valence-corrected chi connectivity index (χ3v) is 3.30. The summed E-state index contributed by atoms with van der Waals surface area (Å²) in [4.78, 5) is 12.2. The van der Waals surface area contributed by atoms with Crippen LogP contribution in [0.5, 0.6) is 0 Å². The Morgan fingerprint density at radius 1 is 1.37 bits per heavy atom. The van der Waals surface area contributed by atoms with Crippen molar-refractivity contribution in [3.63, 3.8) is 0 Å². The number of anilines is 1. The molecule has 1 fully saturated rings. The lowest BCUT2D eigenvalue weighted by atomic mass is 10.0. The van der Waals surface area contributed by atoms with Crippen LogP contribution >= 0.6 is 0 Å². The number of nitro groups is 1. The monoisotopic (exact) mass is 271 g/mol. The molecule has 2 rings (SSSR count). The molecule has 1 aliphatic rings. The SMILES string of the molecule is CN1CCC(Nc2c(F)cc(F)cc2[N+](=O)[O-])CC1. The second kappa shape index (κ2) is 5.48. The summed E-state index contributed by atoms with van der Waals surface area (Å²) in [5.74, 6) is -1.87. The van der Waals surface area contributed by atoms with Gasteiger partial charge in [-0.1, -0.05) is 0 Å². The number of hydrogen-bond donors (Lipinski definition) is 1. The Morgan fingerprint density at radius 2 is 2.00 bits per heavy atom. The quantitative estimate of drug-likeness (QED) is 0.677. The van der Waals surface area contributed by atoms with E-state index in [0.717, 1.165) is 32.0 Å². The van der Waals surface area contributed by atoms with Crippen molar-refractivity contribution in [2.45, 2.75) is 18.9 Å². The third kappa shape index (κ3) is 3.17. The highest BCUT2D eigenvalue weighted by Crippen LogP contribution is 2.30. The van der Waals surface area contributed by atoms with Gasteiger partial charge in [-0.05, 0) is 33.0 Å². The van der Waals surface area contributed by atoms with Gasteiger partial charge >= 0.3 is 0 Å². The molecule has 5 nitrogen and oxygen atoms in total. The molecule has 1 aromatic rings. The molecule has 104 valence electrons. The summed E-state index contributed by atoms with van der Waals surface area (Å²) in [5.41, 5.74) is -0.780. The predicted octanol–water partition coefficient (Wildman–Crippen LogP) is 2.38. The second-order valence-electron chi connectivity index (χ2n) is 4.76. The number of hydrogen-bond acceptors (Lipinski definition) is 4. The molecule has 0 saturated carbocycles. The van der Waals surface area contributed by atoms with E-state index in [2.05, 4.69) is 10.2 Å². The third-order valence-electron chi connectivity index (χ3n) is 3.30. The first-order valence-corrected chi connectivity index (χ1v) is 6.06. The lowest BCUT2D eigenvalue weighted by Crippen LogP contribution is -2.37. The molecule has 0 aliphatic carbocycles. The van der Waals surface area contributed by atoms with Crippen molar-refractivity contribution in [1.29, 1.82) is 0 Å². The standard InChI is InChI=1S/C12H15F2N3O2/c1-16-4-2-9(3-5-16)15-12-10(14)6-8(13)7-11(12)17(18)19/h6-7,9,15H,2-5H2,1H3. The maximum Gasteiger partial charge on any atom is 0.298 e. The Morgan fingerprint density at radius 3 is 2.58 bits per heavy atom. The fourth-order valence-corrected chi connectivity index (χ4v) is 2.20. The van der Waals surface area contributed by atoms with Gasteiger partial charge in [0, 0.05) is 12.1 Å².